The number of thiazole rings is 1. The quantitative estimate of drug-likeness (QED) is 0.754. The number of benzene rings is 1. The van der Waals surface area contributed by atoms with E-state index < -0.39 is 11.0 Å². The van der Waals surface area contributed by atoms with Crippen LogP contribution in [0.2, 0.25) is 5.02 Å². The van der Waals surface area contributed by atoms with Gasteiger partial charge >= 0.3 is 11.0 Å². The van der Waals surface area contributed by atoms with Crippen molar-refractivity contribution in [3.8, 4) is 0 Å². The first kappa shape index (κ1) is 9.23. The Kier molecular flexibility index (Phi) is 2.05. The lowest BCUT2D eigenvalue weighted by atomic mass is 10.3. The van der Waals surface area contributed by atoms with Crippen LogP contribution in [0.25, 0.3) is 10.2 Å². The zero-order valence-corrected chi connectivity index (χ0v) is 8.30. The molecule has 1 aromatic carbocycles. The van der Waals surface area contributed by atoms with Gasteiger partial charge in [0.1, 0.15) is 0 Å². The Hall–Kier alpha value is -1.33. The Morgan fingerprint density at radius 1 is 1.50 bits per heavy atom. The Morgan fingerprint density at radius 2 is 2.21 bits per heavy atom. The van der Waals surface area contributed by atoms with E-state index in [4.69, 9.17) is 16.7 Å². The lowest BCUT2D eigenvalue weighted by Gasteiger charge is -1.95. The summed E-state index contributed by atoms with van der Waals surface area (Å²) in [6.07, 6.45) is -1.29. The number of carbonyl (C=O) groups is 1. The van der Waals surface area contributed by atoms with Gasteiger partial charge in [-0.1, -0.05) is 22.9 Å². The minimum Gasteiger partial charge on any atom is -0.464 e. The van der Waals surface area contributed by atoms with Gasteiger partial charge in [-0.3, -0.25) is 4.79 Å². The maximum atomic E-state index is 11.2. The van der Waals surface area contributed by atoms with Gasteiger partial charge in [0.2, 0.25) is 0 Å². The highest BCUT2D eigenvalue weighted by molar-refractivity contribution is 7.16. The summed E-state index contributed by atoms with van der Waals surface area (Å²) < 4.78 is 1.30. The van der Waals surface area contributed by atoms with Crippen molar-refractivity contribution in [1.29, 1.82) is 0 Å². The second kappa shape index (κ2) is 3.11. The Labute approximate surface area is 87.0 Å². The monoisotopic (exact) mass is 229 g/mol. The first-order valence-corrected chi connectivity index (χ1v) is 4.83. The van der Waals surface area contributed by atoms with E-state index in [0.717, 1.165) is 11.3 Å². The van der Waals surface area contributed by atoms with Crippen molar-refractivity contribution in [3.05, 3.63) is 32.9 Å². The normalized spacial score (nSPS) is 10.6. The maximum absolute atomic E-state index is 11.2. The van der Waals surface area contributed by atoms with Crippen LogP contribution in [0, 0.1) is 0 Å². The van der Waals surface area contributed by atoms with Crippen LogP contribution in [-0.2, 0) is 0 Å². The summed E-state index contributed by atoms with van der Waals surface area (Å²) >= 11 is 6.58. The molecule has 1 heterocycles. The summed E-state index contributed by atoms with van der Waals surface area (Å²) in [7, 11) is 0. The molecule has 0 atom stereocenters. The van der Waals surface area contributed by atoms with Crippen LogP contribution in [0.1, 0.15) is 0 Å². The molecular formula is C8H4ClNO3S. The fourth-order valence-corrected chi connectivity index (χ4v) is 2.18. The smallest absolute Gasteiger partial charge is 0.419 e. The lowest BCUT2D eigenvalue weighted by Crippen LogP contribution is -2.19. The van der Waals surface area contributed by atoms with E-state index in [1.165, 1.54) is 6.07 Å². The van der Waals surface area contributed by atoms with Crippen molar-refractivity contribution in [2.24, 2.45) is 0 Å². The maximum Gasteiger partial charge on any atom is 0.419 e. The third-order valence-electron chi connectivity index (χ3n) is 1.73. The van der Waals surface area contributed by atoms with Crippen molar-refractivity contribution >= 4 is 39.2 Å². The van der Waals surface area contributed by atoms with Crippen molar-refractivity contribution in [1.82, 2.24) is 4.57 Å². The van der Waals surface area contributed by atoms with Crippen LogP contribution in [0.15, 0.2) is 23.0 Å². The largest absolute Gasteiger partial charge is 0.464 e. The van der Waals surface area contributed by atoms with Crippen molar-refractivity contribution in [2.45, 2.75) is 0 Å². The molecule has 0 aliphatic heterocycles. The topological polar surface area (TPSA) is 59.3 Å². The van der Waals surface area contributed by atoms with Gasteiger partial charge in [0, 0.05) is 5.02 Å². The van der Waals surface area contributed by atoms with Crippen LogP contribution in [0.5, 0.6) is 0 Å². The Morgan fingerprint density at radius 3 is 2.86 bits per heavy atom. The first-order chi connectivity index (χ1) is 6.59. The molecule has 14 heavy (non-hydrogen) atoms. The summed E-state index contributed by atoms with van der Waals surface area (Å²) in [6, 6.07) is 4.71. The molecule has 0 fully saturated rings. The molecule has 72 valence electrons. The predicted octanol–water partition coefficient (Wildman–Crippen LogP) is 2.24. The molecule has 0 radical (unpaired) electrons. The Bertz CT molecular complexity index is 571. The van der Waals surface area contributed by atoms with Gasteiger partial charge in [-0.25, -0.2) is 9.36 Å². The molecule has 1 N–H and O–H groups in total. The minimum atomic E-state index is -1.29. The van der Waals surface area contributed by atoms with E-state index in [-0.39, 0.29) is 0 Å². The number of hydrogen-bond acceptors (Lipinski definition) is 3. The van der Waals surface area contributed by atoms with Gasteiger partial charge in [-0.2, -0.15) is 0 Å². The van der Waals surface area contributed by atoms with E-state index in [1.54, 1.807) is 12.1 Å². The molecular weight excluding hydrogens is 226 g/mol. The Balaban J connectivity index is 2.93. The highest BCUT2D eigenvalue weighted by Gasteiger charge is 2.12. The lowest BCUT2D eigenvalue weighted by molar-refractivity contribution is 0.197. The van der Waals surface area contributed by atoms with Gasteiger partial charge in [-0.15, -0.1) is 0 Å². The van der Waals surface area contributed by atoms with Crippen LogP contribution >= 0.6 is 22.9 Å². The van der Waals surface area contributed by atoms with Gasteiger partial charge < -0.3 is 5.11 Å². The molecule has 6 heteroatoms. The second-order valence-electron chi connectivity index (χ2n) is 2.60. The molecule has 2 rings (SSSR count). The summed E-state index contributed by atoms with van der Waals surface area (Å²) in [5.41, 5.74) is 0.333. The zero-order chi connectivity index (χ0) is 10.3. The molecule has 0 aliphatic carbocycles. The molecule has 0 amide bonds. The van der Waals surface area contributed by atoms with E-state index in [1.807, 2.05) is 0 Å². The van der Waals surface area contributed by atoms with Crippen LogP contribution in [0.4, 0.5) is 4.79 Å². The summed E-state index contributed by atoms with van der Waals surface area (Å²) in [5.74, 6) is 0. The molecule has 0 aliphatic rings. The summed E-state index contributed by atoms with van der Waals surface area (Å²) in [6.45, 7) is 0. The fraction of sp³-hybridized carbons (Fsp3) is 0. The zero-order valence-electron chi connectivity index (χ0n) is 6.73. The van der Waals surface area contributed by atoms with Crippen LogP contribution in [-0.4, -0.2) is 15.8 Å². The molecule has 2 aromatic rings. The molecule has 0 unspecified atom stereocenters. The van der Waals surface area contributed by atoms with E-state index in [2.05, 4.69) is 0 Å². The van der Waals surface area contributed by atoms with E-state index in [0.29, 0.717) is 19.8 Å². The number of rotatable bonds is 0. The highest BCUT2D eigenvalue weighted by atomic mass is 35.5. The highest BCUT2D eigenvalue weighted by Crippen LogP contribution is 2.21. The van der Waals surface area contributed by atoms with Gasteiger partial charge in [0.15, 0.2) is 0 Å². The number of carboxylic acid groups (broad SMARTS) is 1. The number of aromatic nitrogens is 1. The molecule has 0 spiro atoms. The number of halogens is 1. The van der Waals surface area contributed by atoms with Gasteiger partial charge in [0.05, 0.1) is 10.2 Å². The standard InChI is InChI=1S/C8H4ClNO3S/c9-4-1-2-6-5(3-4)10(7(11)12)8(13)14-6/h1-3H,(H,11,12). The van der Waals surface area contributed by atoms with Crippen LogP contribution < -0.4 is 4.87 Å². The third kappa shape index (κ3) is 1.30. The van der Waals surface area contributed by atoms with Gasteiger partial charge in [0.25, 0.3) is 0 Å². The molecule has 1 aromatic heterocycles. The minimum absolute atomic E-state index is 0.333. The van der Waals surface area contributed by atoms with Crippen molar-refractivity contribution in [3.63, 3.8) is 0 Å². The molecule has 0 saturated heterocycles. The SMILES string of the molecule is O=C(O)n1c(=O)sc2ccc(Cl)cc21. The number of fused-ring (bicyclic) bond motifs is 1. The molecule has 4 nitrogen and oxygen atoms in total. The van der Waals surface area contributed by atoms with Crippen molar-refractivity contribution in [2.75, 3.05) is 0 Å². The van der Waals surface area contributed by atoms with E-state index in [9.17, 15) is 9.59 Å². The molecule has 0 saturated carbocycles. The van der Waals surface area contributed by atoms with E-state index >= 15 is 0 Å². The fourth-order valence-electron chi connectivity index (χ4n) is 1.17. The predicted molar refractivity (Wildman–Crippen MR) is 54.5 cm³/mol. The van der Waals surface area contributed by atoms with Gasteiger partial charge in [-0.05, 0) is 18.2 Å². The average Bonchev–Trinajstić information content (AvgIpc) is 2.40. The number of hydrogen-bond donors (Lipinski definition) is 1. The second-order valence-corrected chi connectivity index (χ2v) is 4.03. The summed E-state index contributed by atoms with van der Waals surface area (Å²) in [4.78, 5) is 21.5. The van der Waals surface area contributed by atoms with Crippen LogP contribution in [0.3, 0.4) is 0 Å². The number of nitrogens with zero attached hydrogens (tertiary/aromatic N) is 1. The van der Waals surface area contributed by atoms with Crippen molar-refractivity contribution < 1.29 is 9.90 Å². The summed E-state index contributed by atoms with van der Waals surface area (Å²) in [5, 5.41) is 9.18. The molecule has 0 bridgehead atoms. The average molecular weight is 230 g/mol. The third-order valence-corrected chi connectivity index (χ3v) is 2.89. The first-order valence-electron chi connectivity index (χ1n) is 3.64.